The van der Waals surface area contributed by atoms with E-state index in [2.05, 4.69) is 30.0 Å². The number of aliphatic hydroxyl groups is 1. The summed E-state index contributed by atoms with van der Waals surface area (Å²) in [6.45, 7) is 5.14. The first kappa shape index (κ1) is 14.7. The largest absolute Gasteiger partial charge is 0.396 e. The molecule has 106 valence electrons. The third-order valence-electron chi connectivity index (χ3n) is 3.83. The van der Waals surface area contributed by atoms with E-state index in [-0.39, 0.29) is 0 Å². The van der Waals surface area contributed by atoms with E-state index in [1.807, 2.05) is 11.8 Å². The van der Waals surface area contributed by atoms with Crippen molar-refractivity contribution in [2.45, 2.75) is 31.2 Å². The van der Waals surface area contributed by atoms with Gasteiger partial charge >= 0.3 is 0 Å². The van der Waals surface area contributed by atoms with E-state index in [4.69, 9.17) is 5.73 Å². The van der Waals surface area contributed by atoms with Gasteiger partial charge in [-0.15, -0.1) is 11.8 Å². The van der Waals surface area contributed by atoms with Crippen molar-refractivity contribution in [2.75, 3.05) is 30.3 Å². The summed E-state index contributed by atoms with van der Waals surface area (Å²) in [5.41, 5.74) is 8.53. The van der Waals surface area contributed by atoms with Crippen LogP contribution >= 0.6 is 11.8 Å². The first-order valence-electron chi connectivity index (χ1n) is 7.10. The fourth-order valence-electron chi connectivity index (χ4n) is 2.70. The number of piperidine rings is 1. The van der Waals surface area contributed by atoms with Crippen LogP contribution in [-0.2, 0) is 6.54 Å². The summed E-state index contributed by atoms with van der Waals surface area (Å²) < 4.78 is 0. The number of hydrogen-bond donors (Lipinski definition) is 2. The van der Waals surface area contributed by atoms with Crippen LogP contribution in [0.5, 0.6) is 0 Å². The Morgan fingerprint density at radius 1 is 1.37 bits per heavy atom. The zero-order valence-electron chi connectivity index (χ0n) is 11.6. The number of benzene rings is 1. The summed E-state index contributed by atoms with van der Waals surface area (Å²) >= 11 is 1.86. The van der Waals surface area contributed by atoms with E-state index >= 15 is 0 Å². The number of rotatable bonds is 5. The molecule has 0 aromatic heterocycles. The number of hydrogen-bond acceptors (Lipinski definition) is 4. The molecule has 0 bridgehead atoms. The first-order valence-corrected chi connectivity index (χ1v) is 8.09. The number of anilines is 1. The zero-order chi connectivity index (χ0) is 13.7. The molecule has 1 aliphatic heterocycles. The SMILES string of the molecule is CCSc1cccc(N2CCC(CO)CC2)c1CN. The average Bonchev–Trinajstić information content (AvgIpc) is 2.47. The molecule has 3 nitrogen and oxygen atoms in total. The Morgan fingerprint density at radius 3 is 2.68 bits per heavy atom. The minimum absolute atomic E-state index is 0.323. The average molecular weight is 280 g/mol. The number of nitrogens with zero attached hydrogens (tertiary/aromatic N) is 1. The number of nitrogens with two attached hydrogens (primary N) is 1. The number of thioether (sulfide) groups is 1. The van der Waals surface area contributed by atoms with Gasteiger partial charge in [-0.25, -0.2) is 0 Å². The number of aliphatic hydroxyl groups excluding tert-OH is 1. The van der Waals surface area contributed by atoms with Gasteiger partial charge in [-0.1, -0.05) is 13.0 Å². The van der Waals surface area contributed by atoms with Gasteiger partial charge in [0.05, 0.1) is 0 Å². The molecular formula is C15H24N2OS. The molecule has 19 heavy (non-hydrogen) atoms. The van der Waals surface area contributed by atoms with E-state index in [0.29, 0.717) is 19.1 Å². The molecule has 2 rings (SSSR count). The fraction of sp³-hybridized carbons (Fsp3) is 0.600. The van der Waals surface area contributed by atoms with Gasteiger partial charge in [-0.3, -0.25) is 0 Å². The molecular weight excluding hydrogens is 256 g/mol. The molecule has 1 fully saturated rings. The Bertz CT molecular complexity index is 403. The van der Waals surface area contributed by atoms with Gasteiger partial charge in [-0.2, -0.15) is 0 Å². The minimum atomic E-state index is 0.323. The highest BCUT2D eigenvalue weighted by atomic mass is 32.2. The smallest absolute Gasteiger partial charge is 0.0460 e. The van der Waals surface area contributed by atoms with Crippen molar-refractivity contribution < 1.29 is 5.11 Å². The molecule has 0 atom stereocenters. The quantitative estimate of drug-likeness (QED) is 0.814. The van der Waals surface area contributed by atoms with E-state index in [0.717, 1.165) is 31.7 Å². The Kier molecular flexibility index (Phi) is 5.55. The molecule has 0 spiro atoms. The van der Waals surface area contributed by atoms with Crippen LogP contribution in [0.4, 0.5) is 5.69 Å². The molecule has 0 radical (unpaired) electrons. The van der Waals surface area contributed by atoms with Crippen LogP contribution in [0, 0.1) is 5.92 Å². The molecule has 1 aromatic carbocycles. The molecule has 0 saturated carbocycles. The van der Waals surface area contributed by atoms with Gasteiger partial charge in [0, 0.05) is 42.4 Å². The second-order valence-electron chi connectivity index (χ2n) is 5.00. The van der Waals surface area contributed by atoms with E-state index in [9.17, 15) is 5.11 Å². The van der Waals surface area contributed by atoms with Gasteiger partial charge in [0.15, 0.2) is 0 Å². The maximum Gasteiger partial charge on any atom is 0.0460 e. The Balaban J connectivity index is 2.17. The molecule has 4 heteroatoms. The van der Waals surface area contributed by atoms with Crippen LogP contribution in [-0.4, -0.2) is 30.6 Å². The first-order chi connectivity index (χ1) is 9.30. The lowest BCUT2D eigenvalue weighted by molar-refractivity contribution is 0.203. The van der Waals surface area contributed by atoms with Gasteiger partial charge in [0.1, 0.15) is 0 Å². The van der Waals surface area contributed by atoms with Gasteiger partial charge in [0.25, 0.3) is 0 Å². The topological polar surface area (TPSA) is 49.5 Å². The molecule has 1 aliphatic rings. The lowest BCUT2D eigenvalue weighted by atomic mass is 9.97. The third kappa shape index (κ3) is 3.44. The van der Waals surface area contributed by atoms with Crippen LogP contribution < -0.4 is 10.6 Å². The van der Waals surface area contributed by atoms with E-state index in [1.165, 1.54) is 16.1 Å². The Labute approximate surface area is 120 Å². The summed E-state index contributed by atoms with van der Waals surface area (Å²) in [6, 6.07) is 6.48. The molecule has 1 saturated heterocycles. The maximum absolute atomic E-state index is 9.22. The Hall–Kier alpha value is -0.710. The van der Waals surface area contributed by atoms with Crippen molar-refractivity contribution in [1.82, 2.24) is 0 Å². The van der Waals surface area contributed by atoms with Crippen LogP contribution in [0.3, 0.4) is 0 Å². The normalized spacial score (nSPS) is 16.9. The van der Waals surface area contributed by atoms with Gasteiger partial charge in [-0.05, 0) is 36.6 Å². The van der Waals surface area contributed by atoms with Crippen molar-refractivity contribution in [3.05, 3.63) is 23.8 Å². The highest BCUT2D eigenvalue weighted by Gasteiger charge is 2.21. The van der Waals surface area contributed by atoms with Gasteiger partial charge < -0.3 is 15.7 Å². The van der Waals surface area contributed by atoms with Crippen molar-refractivity contribution in [3.8, 4) is 0 Å². The summed E-state index contributed by atoms with van der Waals surface area (Å²) in [5, 5.41) is 9.22. The fourth-order valence-corrected chi connectivity index (χ4v) is 3.55. The molecule has 1 heterocycles. The monoisotopic (exact) mass is 280 g/mol. The molecule has 0 amide bonds. The second-order valence-corrected chi connectivity index (χ2v) is 6.31. The van der Waals surface area contributed by atoms with Crippen LogP contribution in [0.2, 0.25) is 0 Å². The highest BCUT2D eigenvalue weighted by molar-refractivity contribution is 7.99. The summed E-state index contributed by atoms with van der Waals surface area (Å²) in [7, 11) is 0. The standard InChI is InChI=1S/C15H24N2OS/c1-2-19-15-5-3-4-14(13(15)10-16)17-8-6-12(11-18)7-9-17/h3-5,12,18H,2,6-11,16H2,1H3. The predicted molar refractivity (Wildman–Crippen MR) is 82.8 cm³/mol. The molecule has 3 N–H and O–H groups in total. The molecule has 0 unspecified atom stereocenters. The third-order valence-corrected chi connectivity index (χ3v) is 4.81. The maximum atomic E-state index is 9.22. The van der Waals surface area contributed by atoms with Crippen molar-refractivity contribution >= 4 is 17.4 Å². The molecule has 0 aliphatic carbocycles. The minimum Gasteiger partial charge on any atom is -0.396 e. The van der Waals surface area contributed by atoms with Crippen molar-refractivity contribution in [3.63, 3.8) is 0 Å². The van der Waals surface area contributed by atoms with E-state index < -0.39 is 0 Å². The lowest BCUT2D eigenvalue weighted by Crippen LogP contribution is -2.35. The van der Waals surface area contributed by atoms with Crippen LogP contribution in [0.15, 0.2) is 23.1 Å². The summed E-state index contributed by atoms with van der Waals surface area (Å²) in [4.78, 5) is 3.74. The summed E-state index contributed by atoms with van der Waals surface area (Å²) in [5.74, 6) is 1.55. The van der Waals surface area contributed by atoms with Crippen molar-refractivity contribution in [2.24, 2.45) is 11.7 Å². The highest BCUT2D eigenvalue weighted by Crippen LogP contribution is 2.32. The lowest BCUT2D eigenvalue weighted by Gasteiger charge is -2.34. The van der Waals surface area contributed by atoms with Crippen LogP contribution in [0.25, 0.3) is 0 Å². The molecule has 1 aromatic rings. The van der Waals surface area contributed by atoms with Crippen LogP contribution in [0.1, 0.15) is 25.3 Å². The van der Waals surface area contributed by atoms with E-state index in [1.54, 1.807) is 0 Å². The Morgan fingerprint density at radius 2 is 2.11 bits per heavy atom. The second kappa shape index (κ2) is 7.17. The van der Waals surface area contributed by atoms with Crippen molar-refractivity contribution in [1.29, 1.82) is 0 Å². The predicted octanol–water partition coefficient (Wildman–Crippen LogP) is 2.47. The van der Waals surface area contributed by atoms with Gasteiger partial charge in [0.2, 0.25) is 0 Å². The summed E-state index contributed by atoms with van der Waals surface area (Å²) in [6.07, 6.45) is 2.15. The zero-order valence-corrected chi connectivity index (χ0v) is 12.5.